The topological polar surface area (TPSA) is 64.3 Å². The first kappa shape index (κ1) is 22.0. The monoisotopic (exact) mass is 390 g/mol. The van der Waals surface area contributed by atoms with Crippen molar-refractivity contribution in [2.45, 2.75) is 40.7 Å². The number of aryl methyl sites for hydroxylation is 1. The van der Waals surface area contributed by atoms with E-state index >= 15 is 0 Å². The molecular formula is C25H30N2O2. The number of hydrogen-bond donors (Lipinski definition) is 2. The molecule has 3 N–H and O–H groups in total. The third-order valence-corrected chi connectivity index (χ3v) is 4.47. The quantitative estimate of drug-likeness (QED) is 0.459. The average molecular weight is 391 g/mol. The predicted molar refractivity (Wildman–Crippen MR) is 120 cm³/mol. The lowest BCUT2D eigenvalue weighted by Gasteiger charge is -2.09. The lowest BCUT2D eigenvalue weighted by Crippen LogP contribution is -2.25. The fraction of sp³-hybridized carbons (Fsp3) is 0.240. The van der Waals surface area contributed by atoms with E-state index in [2.05, 4.69) is 19.2 Å². The van der Waals surface area contributed by atoms with Crippen molar-refractivity contribution >= 4 is 5.91 Å². The van der Waals surface area contributed by atoms with Crippen LogP contribution in [0.4, 0.5) is 0 Å². The zero-order valence-electron chi connectivity index (χ0n) is 17.7. The number of carbonyl (C=O) groups is 1. The number of rotatable bonds is 8. The maximum atomic E-state index is 12.5. The van der Waals surface area contributed by atoms with Crippen LogP contribution >= 0.6 is 0 Å². The molecule has 4 nitrogen and oxygen atoms in total. The number of allylic oxidation sites excluding steroid dienone is 4. The van der Waals surface area contributed by atoms with Gasteiger partial charge in [0.1, 0.15) is 11.5 Å². The van der Waals surface area contributed by atoms with Gasteiger partial charge < -0.3 is 15.8 Å². The minimum Gasteiger partial charge on any atom is -0.457 e. The van der Waals surface area contributed by atoms with E-state index < -0.39 is 0 Å². The van der Waals surface area contributed by atoms with Crippen molar-refractivity contribution in [3.05, 3.63) is 94.7 Å². The molecule has 0 aliphatic carbocycles. The van der Waals surface area contributed by atoms with Crippen molar-refractivity contribution in [2.24, 2.45) is 5.73 Å². The summed E-state index contributed by atoms with van der Waals surface area (Å²) < 4.78 is 5.86. The summed E-state index contributed by atoms with van der Waals surface area (Å²) in [5.41, 5.74) is 10.2. The molecule has 0 unspecified atom stereocenters. The molecule has 0 fully saturated rings. The Labute approximate surface area is 173 Å². The summed E-state index contributed by atoms with van der Waals surface area (Å²) in [5.74, 6) is 1.37. The van der Waals surface area contributed by atoms with E-state index in [1.165, 1.54) is 5.57 Å². The summed E-state index contributed by atoms with van der Waals surface area (Å²) in [7, 11) is 0. The smallest absolute Gasteiger partial charge is 0.253 e. The van der Waals surface area contributed by atoms with E-state index in [1.54, 1.807) is 13.0 Å². The Kier molecular flexibility index (Phi) is 8.28. The maximum absolute atomic E-state index is 12.5. The normalized spacial score (nSPS) is 12.6. The second-order valence-corrected chi connectivity index (χ2v) is 7.07. The van der Waals surface area contributed by atoms with Crippen molar-refractivity contribution < 1.29 is 9.53 Å². The van der Waals surface area contributed by atoms with Gasteiger partial charge in [0, 0.05) is 12.2 Å². The van der Waals surface area contributed by atoms with Crippen LogP contribution in [0.15, 0.2) is 83.6 Å². The molecule has 2 aromatic rings. The largest absolute Gasteiger partial charge is 0.457 e. The SMILES string of the molecule is CCC(C)=C/C=C\C(C(=O)NCc1ccc(Oc2cccc(C)c2)cc1)=C(/C)N. The molecule has 4 heteroatoms. The number of benzene rings is 2. The highest BCUT2D eigenvalue weighted by atomic mass is 16.5. The Bertz CT molecular complexity index is 918. The number of carbonyl (C=O) groups excluding carboxylic acids is 1. The predicted octanol–water partition coefficient (Wildman–Crippen LogP) is 5.55. The van der Waals surface area contributed by atoms with Crippen LogP contribution in [-0.4, -0.2) is 5.91 Å². The molecule has 0 bridgehead atoms. The summed E-state index contributed by atoms with van der Waals surface area (Å²) in [6.07, 6.45) is 6.58. The summed E-state index contributed by atoms with van der Waals surface area (Å²) in [6, 6.07) is 15.6. The van der Waals surface area contributed by atoms with Crippen LogP contribution in [0.5, 0.6) is 11.5 Å². The van der Waals surface area contributed by atoms with E-state index in [0.29, 0.717) is 17.8 Å². The number of hydrogen-bond acceptors (Lipinski definition) is 3. The minimum absolute atomic E-state index is 0.191. The zero-order valence-corrected chi connectivity index (χ0v) is 17.7. The molecule has 0 saturated heterocycles. The van der Waals surface area contributed by atoms with Crippen LogP contribution in [0, 0.1) is 6.92 Å². The van der Waals surface area contributed by atoms with Crippen LogP contribution in [0.25, 0.3) is 0 Å². The average Bonchev–Trinajstić information content (AvgIpc) is 2.70. The number of nitrogens with one attached hydrogen (secondary N) is 1. The highest BCUT2D eigenvalue weighted by Crippen LogP contribution is 2.22. The standard InChI is InChI=1S/C25H30N2O2/c1-5-18(2)8-7-11-24(20(4)26)25(28)27-17-21-12-14-22(15-13-21)29-23-10-6-9-19(3)16-23/h6-16H,5,17,26H2,1-4H3,(H,27,28)/b11-7-,18-8?,24-20-. The third kappa shape index (κ3) is 7.34. The van der Waals surface area contributed by atoms with Gasteiger partial charge in [0.15, 0.2) is 0 Å². The van der Waals surface area contributed by atoms with Crippen molar-refractivity contribution in [3.63, 3.8) is 0 Å². The maximum Gasteiger partial charge on any atom is 0.253 e. The first-order valence-electron chi connectivity index (χ1n) is 9.81. The van der Waals surface area contributed by atoms with E-state index in [0.717, 1.165) is 29.0 Å². The molecule has 0 saturated carbocycles. The Morgan fingerprint density at radius 1 is 1.10 bits per heavy atom. The summed E-state index contributed by atoms with van der Waals surface area (Å²) in [4.78, 5) is 12.5. The highest BCUT2D eigenvalue weighted by Gasteiger charge is 2.08. The molecule has 152 valence electrons. The van der Waals surface area contributed by atoms with Crippen molar-refractivity contribution in [3.8, 4) is 11.5 Å². The molecule has 0 aromatic heterocycles. The molecule has 0 radical (unpaired) electrons. The number of nitrogens with two attached hydrogens (primary N) is 1. The summed E-state index contributed by atoms with van der Waals surface area (Å²) in [5, 5.41) is 2.92. The fourth-order valence-electron chi connectivity index (χ4n) is 2.58. The Hall–Kier alpha value is -3.27. The first-order chi connectivity index (χ1) is 13.9. The van der Waals surface area contributed by atoms with Gasteiger partial charge >= 0.3 is 0 Å². The van der Waals surface area contributed by atoms with Crippen molar-refractivity contribution in [2.75, 3.05) is 0 Å². The summed E-state index contributed by atoms with van der Waals surface area (Å²) >= 11 is 0. The van der Waals surface area contributed by atoms with Gasteiger partial charge in [-0.2, -0.15) is 0 Å². The number of ether oxygens (including phenoxy) is 1. The van der Waals surface area contributed by atoms with E-state index in [4.69, 9.17) is 10.5 Å². The van der Waals surface area contributed by atoms with Crippen LogP contribution in [0.2, 0.25) is 0 Å². The molecule has 2 rings (SSSR count). The molecule has 0 aliphatic heterocycles. The fourth-order valence-corrected chi connectivity index (χ4v) is 2.58. The second kappa shape index (κ2) is 10.9. The van der Waals surface area contributed by atoms with E-state index in [-0.39, 0.29) is 5.91 Å². The van der Waals surface area contributed by atoms with E-state index in [9.17, 15) is 4.79 Å². The van der Waals surface area contributed by atoms with Crippen LogP contribution in [0.1, 0.15) is 38.3 Å². The van der Waals surface area contributed by atoms with Gasteiger partial charge in [-0.3, -0.25) is 4.79 Å². The third-order valence-electron chi connectivity index (χ3n) is 4.47. The van der Waals surface area contributed by atoms with Crippen LogP contribution in [-0.2, 0) is 11.3 Å². The van der Waals surface area contributed by atoms with Crippen molar-refractivity contribution in [1.82, 2.24) is 5.32 Å². The molecule has 0 aliphatic rings. The van der Waals surface area contributed by atoms with Gasteiger partial charge in [-0.15, -0.1) is 0 Å². The minimum atomic E-state index is -0.191. The highest BCUT2D eigenvalue weighted by molar-refractivity contribution is 5.96. The van der Waals surface area contributed by atoms with Gasteiger partial charge in [-0.05, 0) is 68.7 Å². The van der Waals surface area contributed by atoms with Gasteiger partial charge in [-0.1, -0.05) is 48.9 Å². The lowest BCUT2D eigenvalue weighted by molar-refractivity contribution is -0.117. The van der Waals surface area contributed by atoms with Crippen LogP contribution < -0.4 is 15.8 Å². The Balaban J connectivity index is 1.96. The van der Waals surface area contributed by atoms with Crippen molar-refractivity contribution in [1.29, 1.82) is 0 Å². The summed E-state index contributed by atoms with van der Waals surface area (Å²) in [6.45, 7) is 8.32. The van der Waals surface area contributed by atoms with E-state index in [1.807, 2.05) is 67.6 Å². The molecule has 0 atom stereocenters. The second-order valence-electron chi connectivity index (χ2n) is 7.07. The molecule has 2 aromatic carbocycles. The van der Waals surface area contributed by atoms with Gasteiger partial charge in [-0.25, -0.2) is 0 Å². The first-order valence-corrected chi connectivity index (χ1v) is 9.81. The van der Waals surface area contributed by atoms with Crippen LogP contribution in [0.3, 0.4) is 0 Å². The van der Waals surface area contributed by atoms with Gasteiger partial charge in [0.25, 0.3) is 5.91 Å². The molecule has 1 amide bonds. The Morgan fingerprint density at radius 3 is 2.45 bits per heavy atom. The van der Waals surface area contributed by atoms with Gasteiger partial charge in [0.2, 0.25) is 0 Å². The lowest BCUT2D eigenvalue weighted by atomic mass is 10.1. The Morgan fingerprint density at radius 2 is 1.83 bits per heavy atom. The number of amides is 1. The molecular weight excluding hydrogens is 360 g/mol. The van der Waals surface area contributed by atoms with Gasteiger partial charge in [0.05, 0.1) is 5.57 Å². The zero-order chi connectivity index (χ0) is 21.2. The molecule has 0 spiro atoms. The molecule has 0 heterocycles. The molecule has 29 heavy (non-hydrogen) atoms.